The minimum absolute atomic E-state index is 0.0252. The van der Waals surface area contributed by atoms with Crippen molar-refractivity contribution in [3.63, 3.8) is 0 Å². The fourth-order valence-corrected chi connectivity index (χ4v) is 2.12. The molecule has 1 aliphatic rings. The maximum atomic E-state index is 12.2. The van der Waals surface area contributed by atoms with Crippen molar-refractivity contribution >= 4 is 11.8 Å². The van der Waals surface area contributed by atoms with Gasteiger partial charge in [-0.15, -0.1) is 0 Å². The van der Waals surface area contributed by atoms with Crippen LogP contribution in [-0.2, 0) is 9.59 Å². The highest BCUT2D eigenvalue weighted by Crippen LogP contribution is 2.12. The summed E-state index contributed by atoms with van der Waals surface area (Å²) in [6.45, 7) is 8.57. The zero-order valence-corrected chi connectivity index (χ0v) is 11.0. The van der Waals surface area contributed by atoms with Gasteiger partial charge in [0.15, 0.2) is 0 Å². The molecule has 0 aromatic rings. The number of nitrogens with zero attached hydrogens (tertiary/aromatic N) is 1. The molecule has 5 heteroatoms. The zero-order valence-electron chi connectivity index (χ0n) is 11.0. The molecule has 0 aromatic heterocycles. The fourth-order valence-electron chi connectivity index (χ4n) is 2.12. The number of amides is 2. The number of hydrogen-bond donors (Lipinski definition) is 2. The number of hydrogen-bond acceptors (Lipinski definition) is 3. The Kier molecular flexibility index (Phi) is 5.41. The van der Waals surface area contributed by atoms with Gasteiger partial charge in [-0.25, -0.2) is 0 Å². The van der Waals surface area contributed by atoms with Gasteiger partial charge >= 0.3 is 0 Å². The number of rotatable bonds is 5. The Hall–Kier alpha value is -1.10. The molecule has 0 aliphatic carbocycles. The third-order valence-corrected chi connectivity index (χ3v) is 3.12. The van der Waals surface area contributed by atoms with E-state index in [1.807, 2.05) is 20.8 Å². The summed E-state index contributed by atoms with van der Waals surface area (Å²) in [6, 6.07) is -0.291. The van der Waals surface area contributed by atoms with E-state index in [4.69, 9.17) is 0 Å². The Morgan fingerprint density at radius 1 is 1.59 bits per heavy atom. The third-order valence-electron chi connectivity index (χ3n) is 3.12. The monoisotopic (exact) mass is 241 g/mol. The Bertz CT molecular complexity index is 281. The van der Waals surface area contributed by atoms with Crippen LogP contribution >= 0.6 is 0 Å². The van der Waals surface area contributed by atoms with Crippen LogP contribution in [0.1, 0.15) is 27.2 Å². The Morgan fingerprint density at radius 2 is 2.29 bits per heavy atom. The highest BCUT2D eigenvalue weighted by Gasteiger charge is 2.33. The Labute approximate surface area is 103 Å². The first-order valence-electron chi connectivity index (χ1n) is 6.40. The van der Waals surface area contributed by atoms with E-state index in [9.17, 15) is 9.59 Å². The largest absolute Gasteiger partial charge is 0.353 e. The second-order valence-electron chi connectivity index (χ2n) is 4.46. The molecule has 0 saturated carbocycles. The van der Waals surface area contributed by atoms with Crippen molar-refractivity contribution in [1.29, 1.82) is 0 Å². The SMILES string of the molecule is CCNCC(C)C(=O)N1CCNC(=O)C1CC. The van der Waals surface area contributed by atoms with E-state index in [-0.39, 0.29) is 23.8 Å². The standard InChI is InChI=1S/C12H23N3O2/c1-4-10-11(16)14-6-7-15(10)12(17)9(3)8-13-5-2/h9-10,13H,4-8H2,1-3H3,(H,14,16). The highest BCUT2D eigenvalue weighted by atomic mass is 16.2. The van der Waals surface area contributed by atoms with E-state index in [0.29, 0.717) is 26.1 Å². The van der Waals surface area contributed by atoms with E-state index in [0.717, 1.165) is 6.54 Å². The maximum absolute atomic E-state index is 12.2. The summed E-state index contributed by atoms with van der Waals surface area (Å²) in [5.74, 6) is -0.0229. The van der Waals surface area contributed by atoms with Crippen LogP contribution in [0.15, 0.2) is 0 Å². The molecule has 1 rings (SSSR count). The predicted molar refractivity (Wildman–Crippen MR) is 66.5 cm³/mol. The van der Waals surface area contributed by atoms with Crippen molar-refractivity contribution in [2.45, 2.75) is 33.2 Å². The van der Waals surface area contributed by atoms with E-state index in [2.05, 4.69) is 10.6 Å². The van der Waals surface area contributed by atoms with Crippen LogP contribution in [0.5, 0.6) is 0 Å². The molecule has 1 aliphatic heterocycles. The van der Waals surface area contributed by atoms with Gasteiger partial charge in [-0.1, -0.05) is 20.8 Å². The van der Waals surface area contributed by atoms with Crippen LogP contribution in [0.3, 0.4) is 0 Å². The molecular weight excluding hydrogens is 218 g/mol. The van der Waals surface area contributed by atoms with Gasteiger partial charge in [0, 0.05) is 25.6 Å². The van der Waals surface area contributed by atoms with Gasteiger partial charge in [0.05, 0.1) is 0 Å². The number of piperazine rings is 1. The topological polar surface area (TPSA) is 61.4 Å². The average Bonchev–Trinajstić information content (AvgIpc) is 2.34. The Morgan fingerprint density at radius 3 is 2.88 bits per heavy atom. The van der Waals surface area contributed by atoms with Gasteiger partial charge in [-0.2, -0.15) is 0 Å². The summed E-state index contributed by atoms with van der Waals surface area (Å²) in [6.07, 6.45) is 0.672. The van der Waals surface area contributed by atoms with Crippen LogP contribution in [-0.4, -0.2) is 48.9 Å². The fraction of sp³-hybridized carbons (Fsp3) is 0.833. The van der Waals surface area contributed by atoms with Gasteiger partial charge < -0.3 is 15.5 Å². The summed E-state index contributed by atoms with van der Waals surface area (Å²) in [7, 11) is 0. The van der Waals surface area contributed by atoms with Gasteiger partial charge in [-0.3, -0.25) is 9.59 Å². The molecule has 5 nitrogen and oxygen atoms in total. The van der Waals surface area contributed by atoms with Crippen molar-refractivity contribution in [3.05, 3.63) is 0 Å². The molecular formula is C12H23N3O2. The van der Waals surface area contributed by atoms with E-state index >= 15 is 0 Å². The molecule has 2 N–H and O–H groups in total. The minimum Gasteiger partial charge on any atom is -0.353 e. The lowest BCUT2D eigenvalue weighted by Crippen LogP contribution is -2.58. The molecule has 0 aromatic carbocycles. The minimum atomic E-state index is -0.291. The molecule has 2 unspecified atom stereocenters. The van der Waals surface area contributed by atoms with E-state index in [1.54, 1.807) is 4.90 Å². The Balaban J connectivity index is 2.62. The molecule has 1 fully saturated rings. The van der Waals surface area contributed by atoms with Crippen molar-refractivity contribution in [3.8, 4) is 0 Å². The van der Waals surface area contributed by atoms with Gasteiger partial charge in [0.1, 0.15) is 6.04 Å². The van der Waals surface area contributed by atoms with E-state index in [1.165, 1.54) is 0 Å². The maximum Gasteiger partial charge on any atom is 0.242 e. The molecule has 1 saturated heterocycles. The second kappa shape index (κ2) is 6.59. The first-order chi connectivity index (χ1) is 8.11. The first kappa shape index (κ1) is 14.0. The lowest BCUT2D eigenvalue weighted by molar-refractivity contribution is -0.145. The van der Waals surface area contributed by atoms with Crippen molar-refractivity contribution < 1.29 is 9.59 Å². The second-order valence-corrected chi connectivity index (χ2v) is 4.46. The zero-order chi connectivity index (χ0) is 12.8. The molecule has 0 bridgehead atoms. The van der Waals surface area contributed by atoms with E-state index < -0.39 is 0 Å². The lowest BCUT2D eigenvalue weighted by atomic mass is 10.1. The number of carbonyl (C=O) groups is 2. The van der Waals surface area contributed by atoms with Crippen LogP contribution in [0.25, 0.3) is 0 Å². The van der Waals surface area contributed by atoms with Crippen LogP contribution in [0.2, 0.25) is 0 Å². The van der Waals surface area contributed by atoms with Crippen LogP contribution in [0.4, 0.5) is 0 Å². The number of nitrogens with one attached hydrogen (secondary N) is 2. The smallest absolute Gasteiger partial charge is 0.242 e. The van der Waals surface area contributed by atoms with Gasteiger partial charge in [-0.05, 0) is 13.0 Å². The molecule has 2 amide bonds. The molecule has 98 valence electrons. The normalized spacial score (nSPS) is 22.2. The highest BCUT2D eigenvalue weighted by molar-refractivity contribution is 5.89. The lowest BCUT2D eigenvalue weighted by Gasteiger charge is -2.36. The quantitative estimate of drug-likeness (QED) is 0.710. The molecule has 0 radical (unpaired) electrons. The summed E-state index contributed by atoms with van der Waals surface area (Å²) in [5, 5.41) is 5.97. The summed E-state index contributed by atoms with van der Waals surface area (Å²) >= 11 is 0. The number of carbonyl (C=O) groups excluding carboxylic acids is 2. The molecule has 0 spiro atoms. The predicted octanol–water partition coefficient (Wildman–Crippen LogP) is -0.0310. The van der Waals surface area contributed by atoms with Gasteiger partial charge in [0.25, 0.3) is 0 Å². The van der Waals surface area contributed by atoms with Crippen LogP contribution < -0.4 is 10.6 Å². The average molecular weight is 241 g/mol. The van der Waals surface area contributed by atoms with Crippen LogP contribution in [0, 0.1) is 5.92 Å². The van der Waals surface area contributed by atoms with Crippen molar-refractivity contribution in [2.75, 3.05) is 26.2 Å². The third kappa shape index (κ3) is 3.43. The van der Waals surface area contributed by atoms with Crippen molar-refractivity contribution in [1.82, 2.24) is 15.5 Å². The van der Waals surface area contributed by atoms with Crippen molar-refractivity contribution in [2.24, 2.45) is 5.92 Å². The molecule has 1 heterocycles. The summed E-state index contributed by atoms with van der Waals surface area (Å²) < 4.78 is 0. The first-order valence-corrected chi connectivity index (χ1v) is 6.40. The summed E-state index contributed by atoms with van der Waals surface area (Å²) in [5.41, 5.74) is 0. The molecule has 2 atom stereocenters. The summed E-state index contributed by atoms with van der Waals surface area (Å²) in [4.78, 5) is 25.6. The van der Waals surface area contributed by atoms with Gasteiger partial charge in [0.2, 0.25) is 11.8 Å². The molecule has 17 heavy (non-hydrogen) atoms.